The molecule has 3 rings (SSSR count). The third kappa shape index (κ3) is 5.24. The largest absolute Gasteiger partial charge is 0.395 e. The van der Waals surface area contributed by atoms with E-state index in [0.29, 0.717) is 22.8 Å². The van der Waals surface area contributed by atoms with Crippen LogP contribution < -0.4 is 10.6 Å². The number of nitrogens with zero attached hydrogens (tertiary/aromatic N) is 5. The average molecular weight is 395 g/mol. The minimum absolute atomic E-state index is 0.0468. The molecule has 0 atom stereocenters. The third-order valence-electron chi connectivity index (χ3n) is 4.43. The van der Waals surface area contributed by atoms with E-state index in [1.54, 1.807) is 13.1 Å². The highest BCUT2D eigenvalue weighted by Gasteiger charge is 2.29. The monoisotopic (exact) mass is 395 g/mol. The van der Waals surface area contributed by atoms with Crippen LogP contribution >= 0.6 is 0 Å². The number of carbonyl (C=O) groups is 2. The van der Waals surface area contributed by atoms with E-state index < -0.39 is 0 Å². The molecule has 3 N–H and O–H groups in total. The van der Waals surface area contributed by atoms with Gasteiger partial charge in [-0.2, -0.15) is 5.26 Å². The molecule has 1 aliphatic carbocycles. The Labute approximate surface area is 167 Å². The Morgan fingerprint density at radius 1 is 1.28 bits per heavy atom. The molecule has 10 nitrogen and oxygen atoms in total. The van der Waals surface area contributed by atoms with E-state index >= 15 is 0 Å². The number of anilines is 2. The van der Waals surface area contributed by atoms with Gasteiger partial charge in [0.05, 0.1) is 36.9 Å². The molecule has 0 aliphatic heterocycles. The zero-order valence-electron chi connectivity index (χ0n) is 15.9. The lowest BCUT2D eigenvalue weighted by atomic mass is 10.1. The zero-order valence-corrected chi connectivity index (χ0v) is 15.9. The first-order chi connectivity index (χ1) is 14.0. The lowest BCUT2D eigenvalue weighted by Crippen LogP contribution is -2.34. The van der Waals surface area contributed by atoms with Crippen molar-refractivity contribution in [2.45, 2.75) is 12.8 Å². The van der Waals surface area contributed by atoms with Gasteiger partial charge in [-0.3, -0.25) is 14.6 Å². The molecule has 1 fully saturated rings. The van der Waals surface area contributed by atoms with Gasteiger partial charge in [-0.1, -0.05) is 0 Å². The van der Waals surface area contributed by atoms with E-state index in [-0.39, 0.29) is 43.1 Å². The molecule has 10 heteroatoms. The molecule has 2 amide bonds. The highest BCUT2D eigenvalue weighted by molar-refractivity contribution is 5.93. The summed E-state index contributed by atoms with van der Waals surface area (Å²) < 4.78 is 0. The van der Waals surface area contributed by atoms with Gasteiger partial charge < -0.3 is 20.6 Å². The summed E-state index contributed by atoms with van der Waals surface area (Å²) in [5.41, 5.74) is 1.66. The predicted octanol–water partition coefficient (Wildman–Crippen LogP) is 0.621. The SMILES string of the molecule is CN(CCO)C(=O)CNc1cc(-c2cnc(NC(=O)C3CC3)cn2)cnc1C#N. The van der Waals surface area contributed by atoms with E-state index in [4.69, 9.17) is 5.11 Å². The van der Waals surface area contributed by atoms with Crippen LogP contribution in [0.2, 0.25) is 0 Å². The number of amides is 2. The number of aliphatic hydroxyl groups is 1. The summed E-state index contributed by atoms with van der Waals surface area (Å²) in [5.74, 6) is 0.174. The van der Waals surface area contributed by atoms with Gasteiger partial charge in [-0.05, 0) is 18.9 Å². The van der Waals surface area contributed by atoms with Crippen LogP contribution in [-0.4, -0.2) is 63.5 Å². The minimum Gasteiger partial charge on any atom is -0.395 e. The van der Waals surface area contributed by atoms with Crippen molar-refractivity contribution in [3.05, 3.63) is 30.4 Å². The second-order valence-corrected chi connectivity index (χ2v) is 6.67. The van der Waals surface area contributed by atoms with Gasteiger partial charge in [-0.15, -0.1) is 0 Å². The zero-order chi connectivity index (χ0) is 20.8. The number of aromatic nitrogens is 3. The lowest BCUT2D eigenvalue weighted by molar-refractivity contribution is -0.128. The Kier molecular flexibility index (Phi) is 6.31. The van der Waals surface area contributed by atoms with Crippen molar-refractivity contribution in [2.24, 2.45) is 5.92 Å². The molecule has 1 saturated carbocycles. The smallest absolute Gasteiger partial charge is 0.241 e. The number of likely N-dealkylation sites (N-methyl/N-ethyl adjacent to an activating group) is 1. The molecule has 1 aliphatic rings. The van der Waals surface area contributed by atoms with Crippen molar-refractivity contribution in [3.8, 4) is 17.3 Å². The summed E-state index contributed by atoms with van der Waals surface area (Å²) in [4.78, 5) is 37.8. The summed E-state index contributed by atoms with van der Waals surface area (Å²) in [6.07, 6.45) is 6.28. The topological polar surface area (TPSA) is 144 Å². The van der Waals surface area contributed by atoms with Crippen LogP contribution in [0.1, 0.15) is 18.5 Å². The van der Waals surface area contributed by atoms with Gasteiger partial charge in [0, 0.05) is 31.3 Å². The Bertz CT molecular complexity index is 936. The standard InChI is InChI=1S/C19H21N7O3/c1-26(4-5-27)18(28)11-23-14-6-13(8-21-15(14)7-20)16-9-24-17(10-22-16)25-19(29)12-2-3-12/h6,8-10,12,23,27H,2-5,11H2,1H3,(H,24,25,29). The molecule has 0 saturated heterocycles. The Morgan fingerprint density at radius 2 is 2.07 bits per heavy atom. The molecule has 2 aromatic heterocycles. The fourth-order valence-corrected chi connectivity index (χ4v) is 2.52. The van der Waals surface area contributed by atoms with E-state index in [1.165, 1.54) is 23.5 Å². The minimum atomic E-state index is -0.233. The second-order valence-electron chi connectivity index (χ2n) is 6.67. The molecule has 2 heterocycles. The van der Waals surface area contributed by atoms with Crippen molar-refractivity contribution in [2.75, 3.05) is 37.4 Å². The third-order valence-corrected chi connectivity index (χ3v) is 4.43. The molecule has 0 spiro atoms. The van der Waals surface area contributed by atoms with Crippen LogP contribution in [-0.2, 0) is 9.59 Å². The number of rotatable bonds is 8. The van der Waals surface area contributed by atoms with Gasteiger partial charge >= 0.3 is 0 Å². The number of pyridine rings is 1. The summed E-state index contributed by atoms with van der Waals surface area (Å²) in [7, 11) is 1.58. The maximum absolute atomic E-state index is 12.0. The first kappa shape index (κ1) is 20.2. The highest BCUT2D eigenvalue weighted by Crippen LogP contribution is 2.30. The summed E-state index contributed by atoms with van der Waals surface area (Å²) >= 11 is 0. The summed E-state index contributed by atoms with van der Waals surface area (Å²) in [5, 5.41) is 23.8. The molecule has 0 radical (unpaired) electrons. The molecule has 0 bridgehead atoms. The maximum Gasteiger partial charge on any atom is 0.241 e. The van der Waals surface area contributed by atoms with Gasteiger partial charge in [0.25, 0.3) is 0 Å². The second kappa shape index (κ2) is 9.07. The van der Waals surface area contributed by atoms with Gasteiger partial charge in [0.1, 0.15) is 6.07 Å². The fraction of sp³-hybridized carbons (Fsp3) is 0.368. The Balaban J connectivity index is 1.71. The number of aliphatic hydroxyl groups excluding tert-OH is 1. The van der Waals surface area contributed by atoms with Crippen molar-refractivity contribution >= 4 is 23.3 Å². The molecular weight excluding hydrogens is 374 g/mol. The average Bonchev–Trinajstić information content (AvgIpc) is 3.58. The van der Waals surface area contributed by atoms with Crippen LogP contribution in [0, 0.1) is 17.2 Å². The Hall–Kier alpha value is -3.58. The van der Waals surface area contributed by atoms with Crippen LogP contribution in [0.5, 0.6) is 0 Å². The molecule has 2 aromatic rings. The van der Waals surface area contributed by atoms with Crippen molar-refractivity contribution in [1.29, 1.82) is 5.26 Å². The first-order valence-electron chi connectivity index (χ1n) is 9.14. The number of nitrogens with one attached hydrogen (secondary N) is 2. The predicted molar refractivity (Wildman–Crippen MR) is 105 cm³/mol. The van der Waals surface area contributed by atoms with Gasteiger partial charge in [0.2, 0.25) is 11.8 Å². The fourth-order valence-electron chi connectivity index (χ4n) is 2.52. The quantitative estimate of drug-likeness (QED) is 0.590. The van der Waals surface area contributed by atoms with E-state index in [1.807, 2.05) is 6.07 Å². The lowest BCUT2D eigenvalue weighted by Gasteiger charge is -2.16. The summed E-state index contributed by atoms with van der Waals surface area (Å²) in [6, 6.07) is 3.64. The number of hydrogen-bond donors (Lipinski definition) is 3. The van der Waals surface area contributed by atoms with Crippen molar-refractivity contribution in [3.63, 3.8) is 0 Å². The van der Waals surface area contributed by atoms with Crippen LogP contribution in [0.15, 0.2) is 24.7 Å². The normalized spacial score (nSPS) is 12.7. The van der Waals surface area contributed by atoms with E-state index in [9.17, 15) is 14.9 Å². The number of nitriles is 1. The Morgan fingerprint density at radius 3 is 2.69 bits per heavy atom. The molecule has 150 valence electrons. The van der Waals surface area contributed by atoms with Crippen LogP contribution in [0.4, 0.5) is 11.5 Å². The van der Waals surface area contributed by atoms with Crippen molar-refractivity contribution < 1.29 is 14.7 Å². The number of carbonyl (C=O) groups excluding carboxylic acids is 2. The van der Waals surface area contributed by atoms with Crippen LogP contribution in [0.3, 0.4) is 0 Å². The molecule has 0 unspecified atom stereocenters. The summed E-state index contributed by atoms with van der Waals surface area (Å²) in [6.45, 7) is 0.0514. The van der Waals surface area contributed by atoms with Crippen LogP contribution in [0.25, 0.3) is 11.3 Å². The first-order valence-corrected chi connectivity index (χ1v) is 9.14. The van der Waals surface area contributed by atoms with E-state index in [0.717, 1.165) is 12.8 Å². The molecule has 29 heavy (non-hydrogen) atoms. The van der Waals surface area contributed by atoms with E-state index in [2.05, 4.69) is 25.6 Å². The number of hydrogen-bond acceptors (Lipinski definition) is 8. The van der Waals surface area contributed by atoms with Gasteiger partial charge in [-0.25, -0.2) is 9.97 Å². The highest BCUT2D eigenvalue weighted by atomic mass is 16.3. The van der Waals surface area contributed by atoms with Gasteiger partial charge in [0.15, 0.2) is 11.5 Å². The maximum atomic E-state index is 12.0. The van der Waals surface area contributed by atoms with Crippen molar-refractivity contribution in [1.82, 2.24) is 19.9 Å². The molecule has 0 aromatic carbocycles. The molecular formula is C19H21N7O3.